The summed E-state index contributed by atoms with van der Waals surface area (Å²) in [6, 6.07) is 15.9. The van der Waals surface area contributed by atoms with E-state index in [0.29, 0.717) is 12.3 Å². The summed E-state index contributed by atoms with van der Waals surface area (Å²) in [5, 5.41) is 9.28. The molecule has 122 valence electrons. The molecule has 0 spiro atoms. The van der Waals surface area contributed by atoms with Gasteiger partial charge in [-0.15, -0.1) is 11.3 Å². The SMILES string of the molecule is O=C(NCCc1cccs1)C1(c2cc(-c3ccccc3)on2)CC1. The van der Waals surface area contributed by atoms with Crippen LogP contribution in [0.15, 0.2) is 58.4 Å². The maximum atomic E-state index is 12.6. The average molecular weight is 338 g/mol. The standard InChI is InChI=1S/C19H18N2O2S/c22-18(20-11-8-15-7-4-12-24-15)19(9-10-19)17-13-16(23-21-17)14-5-2-1-3-6-14/h1-7,12-13H,8-11H2,(H,20,22). The molecule has 1 aliphatic rings. The Morgan fingerprint density at radius 3 is 2.75 bits per heavy atom. The van der Waals surface area contributed by atoms with E-state index < -0.39 is 5.41 Å². The summed E-state index contributed by atoms with van der Waals surface area (Å²) in [5.41, 5.74) is 1.23. The lowest BCUT2D eigenvalue weighted by Gasteiger charge is -2.11. The monoisotopic (exact) mass is 338 g/mol. The van der Waals surface area contributed by atoms with E-state index in [2.05, 4.69) is 21.9 Å². The summed E-state index contributed by atoms with van der Waals surface area (Å²) in [7, 11) is 0. The molecule has 1 saturated carbocycles. The van der Waals surface area contributed by atoms with E-state index in [0.717, 1.165) is 30.5 Å². The van der Waals surface area contributed by atoms with E-state index in [-0.39, 0.29) is 5.91 Å². The van der Waals surface area contributed by atoms with Crippen LogP contribution in [0, 0.1) is 0 Å². The molecule has 0 radical (unpaired) electrons. The number of carbonyl (C=O) groups excluding carboxylic acids is 1. The molecule has 24 heavy (non-hydrogen) atoms. The zero-order valence-electron chi connectivity index (χ0n) is 13.2. The molecule has 2 aromatic heterocycles. The molecule has 1 aromatic carbocycles. The minimum absolute atomic E-state index is 0.0620. The van der Waals surface area contributed by atoms with Crippen molar-refractivity contribution in [3.63, 3.8) is 0 Å². The average Bonchev–Trinajstić information content (AvgIpc) is 3.04. The normalized spacial score (nSPS) is 15.2. The smallest absolute Gasteiger partial charge is 0.232 e. The van der Waals surface area contributed by atoms with Gasteiger partial charge in [0.1, 0.15) is 0 Å². The molecule has 3 aromatic rings. The van der Waals surface area contributed by atoms with E-state index in [1.54, 1.807) is 11.3 Å². The Morgan fingerprint density at radius 2 is 2.04 bits per heavy atom. The van der Waals surface area contributed by atoms with Crippen LogP contribution in [0.3, 0.4) is 0 Å². The molecular formula is C19H18N2O2S. The fraction of sp³-hybridized carbons (Fsp3) is 0.263. The van der Waals surface area contributed by atoms with Gasteiger partial charge in [0.2, 0.25) is 5.91 Å². The van der Waals surface area contributed by atoms with Crippen LogP contribution in [0.1, 0.15) is 23.4 Å². The predicted molar refractivity (Wildman–Crippen MR) is 93.9 cm³/mol. The minimum Gasteiger partial charge on any atom is -0.356 e. The van der Waals surface area contributed by atoms with Gasteiger partial charge in [-0.25, -0.2) is 0 Å². The first-order chi connectivity index (χ1) is 11.8. The number of hydrogen-bond acceptors (Lipinski definition) is 4. The highest BCUT2D eigenvalue weighted by molar-refractivity contribution is 7.09. The molecule has 1 aliphatic carbocycles. The Morgan fingerprint density at radius 1 is 1.21 bits per heavy atom. The number of rotatable bonds is 6. The fourth-order valence-electron chi connectivity index (χ4n) is 2.89. The van der Waals surface area contributed by atoms with Gasteiger partial charge in [0.05, 0.1) is 11.1 Å². The zero-order chi connectivity index (χ0) is 16.4. The molecule has 0 unspecified atom stereocenters. The number of hydrogen-bond donors (Lipinski definition) is 1. The Balaban J connectivity index is 1.43. The highest BCUT2D eigenvalue weighted by Crippen LogP contribution is 2.48. The van der Waals surface area contributed by atoms with Gasteiger partial charge in [-0.05, 0) is 30.7 Å². The van der Waals surface area contributed by atoms with Crippen molar-refractivity contribution < 1.29 is 9.32 Å². The molecule has 0 bridgehead atoms. The van der Waals surface area contributed by atoms with Crippen LogP contribution in [0.25, 0.3) is 11.3 Å². The summed E-state index contributed by atoms with van der Waals surface area (Å²) in [4.78, 5) is 13.9. The molecule has 1 N–H and O–H groups in total. The van der Waals surface area contributed by atoms with Crippen LogP contribution >= 0.6 is 11.3 Å². The van der Waals surface area contributed by atoms with Crippen molar-refractivity contribution in [1.82, 2.24) is 10.5 Å². The third-order valence-corrected chi connectivity index (χ3v) is 5.42. The number of nitrogens with one attached hydrogen (secondary N) is 1. The van der Waals surface area contributed by atoms with Crippen LogP contribution in [-0.2, 0) is 16.6 Å². The second kappa shape index (κ2) is 6.24. The van der Waals surface area contributed by atoms with Gasteiger partial charge >= 0.3 is 0 Å². The third-order valence-electron chi connectivity index (χ3n) is 4.48. The van der Waals surface area contributed by atoms with E-state index in [1.165, 1.54) is 4.88 Å². The molecule has 0 atom stereocenters. The first kappa shape index (κ1) is 15.1. The topological polar surface area (TPSA) is 55.1 Å². The molecule has 4 nitrogen and oxygen atoms in total. The molecule has 2 heterocycles. The highest BCUT2D eigenvalue weighted by Gasteiger charge is 2.53. The molecule has 0 aliphatic heterocycles. The number of benzene rings is 1. The summed E-state index contributed by atoms with van der Waals surface area (Å²) in [6.45, 7) is 0.657. The molecular weight excluding hydrogens is 320 g/mol. The highest BCUT2D eigenvalue weighted by atomic mass is 32.1. The van der Waals surface area contributed by atoms with Gasteiger partial charge in [0.15, 0.2) is 5.76 Å². The maximum Gasteiger partial charge on any atom is 0.232 e. The summed E-state index contributed by atoms with van der Waals surface area (Å²) < 4.78 is 5.46. The van der Waals surface area contributed by atoms with Gasteiger partial charge in [0, 0.05) is 23.1 Å². The molecule has 4 rings (SSSR count). The number of carbonyl (C=O) groups is 1. The van der Waals surface area contributed by atoms with Gasteiger partial charge in [0.25, 0.3) is 0 Å². The van der Waals surface area contributed by atoms with E-state index in [9.17, 15) is 4.79 Å². The lowest BCUT2D eigenvalue weighted by molar-refractivity contribution is -0.123. The Kier molecular flexibility index (Phi) is 3.94. The first-order valence-corrected chi connectivity index (χ1v) is 8.99. The van der Waals surface area contributed by atoms with Crippen molar-refractivity contribution in [2.24, 2.45) is 0 Å². The van der Waals surface area contributed by atoms with Gasteiger partial charge in [-0.3, -0.25) is 4.79 Å². The second-order valence-corrected chi connectivity index (χ2v) is 7.14. The zero-order valence-corrected chi connectivity index (χ0v) is 14.0. The van der Waals surface area contributed by atoms with Gasteiger partial charge < -0.3 is 9.84 Å². The second-order valence-electron chi connectivity index (χ2n) is 6.11. The van der Waals surface area contributed by atoms with E-state index >= 15 is 0 Å². The van der Waals surface area contributed by atoms with Crippen molar-refractivity contribution in [3.8, 4) is 11.3 Å². The first-order valence-electron chi connectivity index (χ1n) is 8.11. The Labute approximate surface area is 144 Å². The lowest BCUT2D eigenvalue weighted by Crippen LogP contribution is -2.36. The Hall–Kier alpha value is -2.40. The van der Waals surface area contributed by atoms with Crippen molar-refractivity contribution in [3.05, 3.63) is 64.5 Å². The van der Waals surface area contributed by atoms with Crippen LogP contribution in [0.4, 0.5) is 0 Å². The van der Waals surface area contributed by atoms with Crippen LogP contribution in [0.5, 0.6) is 0 Å². The van der Waals surface area contributed by atoms with Crippen molar-refractivity contribution in [1.29, 1.82) is 0 Å². The number of amides is 1. The van der Waals surface area contributed by atoms with E-state index in [1.807, 2.05) is 42.5 Å². The summed E-state index contributed by atoms with van der Waals surface area (Å²) >= 11 is 1.72. The van der Waals surface area contributed by atoms with Crippen LogP contribution in [-0.4, -0.2) is 17.6 Å². The predicted octanol–water partition coefficient (Wildman–Crippen LogP) is 3.79. The van der Waals surface area contributed by atoms with Crippen LogP contribution < -0.4 is 5.32 Å². The summed E-state index contributed by atoms with van der Waals surface area (Å²) in [6.07, 6.45) is 2.53. The number of thiophene rings is 1. The van der Waals surface area contributed by atoms with E-state index in [4.69, 9.17) is 4.52 Å². The quantitative estimate of drug-likeness (QED) is 0.744. The Bertz CT molecular complexity index is 820. The van der Waals surface area contributed by atoms with Crippen molar-refractivity contribution in [2.45, 2.75) is 24.7 Å². The number of aromatic nitrogens is 1. The minimum atomic E-state index is -0.494. The maximum absolute atomic E-state index is 12.6. The van der Waals surface area contributed by atoms with Gasteiger partial charge in [-0.1, -0.05) is 41.6 Å². The van der Waals surface area contributed by atoms with Gasteiger partial charge in [-0.2, -0.15) is 0 Å². The lowest BCUT2D eigenvalue weighted by atomic mass is 10.0. The fourth-order valence-corrected chi connectivity index (χ4v) is 3.60. The molecule has 1 fully saturated rings. The summed E-state index contributed by atoms with van der Waals surface area (Å²) in [5.74, 6) is 0.773. The van der Waals surface area contributed by atoms with Crippen molar-refractivity contribution >= 4 is 17.2 Å². The largest absolute Gasteiger partial charge is 0.356 e. The molecule has 5 heteroatoms. The number of nitrogens with zero attached hydrogens (tertiary/aromatic N) is 1. The van der Waals surface area contributed by atoms with Crippen LogP contribution in [0.2, 0.25) is 0 Å². The third kappa shape index (κ3) is 2.87. The molecule has 0 saturated heterocycles. The van der Waals surface area contributed by atoms with Crippen molar-refractivity contribution in [2.75, 3.05) is 6.54 Å². The molecule has 1 amide bonds.